The third-order valence-electron chi connectivity index (χ3n) is 5.11. The number of piperidine rings is 1. The lowest BCUT2D eigenvalue weighted by Gasteiger charge is -2.39. The van der Waals surface area contributed by atoms with Crippen LogP contribution in [0.5, 0.6) is 0 Å². The van der Waals surface area contributed by atoms with Crippen LogP contribution < -0.4 is 0 Å². The van der Waals surface area contributed by atoms with Crippen LogP contribution in [0.2, 0.25) is 0 Å². The van der Waals surface area contributed by atoms with Crippen molar-refractivity contribution in [1.82, 2.24) is 4.90 Å². The summed E-state index contributed by atoms with van der Waals surface area (Å²) < 4.78 is 57.5. The second-order valence-corrected chi connectivity index (χ2v) is 7.03. The van der Waals surface area contributed by atoms with Gasteiger partial charge in [-0.2, -0.15) is 13.2 Å². The molecule has 1 fully saturated rings. The van der Waals surface area contributed by atoms with Crippen LogP contribution in [-0.2, 0) is 10.9 Å². The predicted molar refractivity (Wildman–Crippen MR) is 96.2 cm³/mol. The molecule has 0 N–H and O–H groups in total. The van der Waals surface area contributed by atoms with Crippen LogP contribution in [0, 0.1) is 11.7 Å². The molecule has 150 valence electrons. The Morgan fingerprint density at radius 1 is 1.14 bits per heavy atom. The minimum Gasteiger partial charge on any atom is -0.462 e. The highest BCUT2D eigenvalue weighted by Gasteiger charge is 2.34. The molecule has 2 aromatic carbocycles. The van der Waals surface area contributed by atoms with E-state index in [4.69, 9.17) is 4.74 Å². The molecule has 7 heteroatoms. The number of nitrogens with zero attached hydrogens (tertiary/aromatic N) is 1. The summed E-state index contributed by atoms with van der Waals surface area (Å²) in [4.78, 5) is 14.2. The standard InChI is InChI=1S/C21H21F4NO2/c1-26-12-4-5-15(13-28-20(27)17-6-2-3-7-18(17)22)19(26)14-8-10-16(11-9-14)21(23,24)25/h2-3,6-11,15,19H,4-5,12-13H2,1H3/t15-,19+/m0/s1. The van der Waals surface area contributed by atoms with E-state index in [-0.39, 0.29) is 24.1 Å². The van der Waals surface area contributed by atoms with Crippen LogP contribution >= 0.6 is 0 Å². The van der Waals surface area contributed by atoms with Crippen LogP contribution in [0.1, 0.15) is 40.4 Å². The summed E-state index contributed by atoms with van der Waals surface area (Å²) in [6.07, 6.45) is -2.73. The summed E-state index contributed by atoms with van der Waals surface area (Å²) in [5.74, 6) is -1.48. The van der Waals surface area contributed by atoms with Gasteiger partial charge in [0.1, 0.15) is 5.82 Å². The van der Waals surface area contributed by atoms with Gasteiger partial charge in [-0.05, 0) is 56.3 Å². The lowest BCUT2D eigenvalue weighted by molar-refractivity contribution is -0.137. The Morgan fingerprint density at radius 3 is 2.46 bits per heavy atom. The number of hydrogen-bond donors (Lipinski definition) is 0. The number of carbonyl (C=O) groups is 1. The van der Waals surface area contributed by atoms with Crippen LogP contribution in [0.4, 0.5) is 17.6 Å². The van der Waals surface area contributed by atoms with E-state index in [1.54, 1.807) is 6.07 Å². The first kappa shape index (κ1) is 20.3. The van der Waals surface area contributed by atoms with E-state index in [9.17, 15) is 22.4 Å². The monoisotopic (exact) mass is 395 g/mol. The van der Waals surface area contributed by atoms with E-state index in [0.717, 1.165) is 37.1 Å². The molecule has 0 aromatic heterocycles. The predicted octanol–water partition coefficient (Wildman–Crippen LogP) is 5.08. The van der Waals surface area contributed by atoms with E-state index in [1.807, 2.05) is 11.9 Å². The van der Waals surface area contributed by atoms with E-state index < -0.39 is 23.5 Å². The maximum absolute atomic E-state index is 13.7. The molecule has 3 nitrogen and oxygen atoms in total. The second-order valence-electron chi connectivity index (χ2n) is 7.03. The third-order valence-corrected chi connectivity index (χ3v) is 5.11. The molecule has 0 bridgehead atoms. The van der Waals surface area contributed by atoms with Crippen molar-refractivity contribution >= 4 is 5.97 Å². The number of carbonyl (C=O) groups excluding carboxylic acids is 1. The summed E-state index contributed by atoms with van der Waals surface area (Å²) in [7, 11) is 1.90. The Hall–Kier alpha value is -2.41. The highest BCUT2D eigenvalue weighted by Crippen LogP contribution is 2.37. The first-order valence-corrected chi connectivity index (χ1v) is 9.06. The molecule has 1 heterocycles. The molecule has 1 aliphatic heterocycles. The van der Waals surface area contributed by atoms with Crippen molar-refractivity contribution in [3.8, 4) is 0 Å². The lowest BCUT2D eigenvalue weighted by atomic mass is 9.85. The van der Waals surface area contributed by atoms with Gasteiger partial charge in [-0.1, -0.05) is 24.3 Å². The van der Waals surface area contributed by atoms with Crippen molar-refractivity contribution in [1.29, 1.82) is 0 Å². The van der Waals surface area contributed by atoms with Gasteiger partial charge in [0.2, 0.25) is 0 Å². The first-order chi connectivity index (χ1) is 13.3. The third kappa shape index (κ3) is 4.52. The number of esters is 1. The van der Waals surface area contributed by atoms with Gasteiger partial charge in [0.15, 0.2) is 0 Å². The Bertz CT molecular complexity index is 820. The Morgan fingerprint density at radius 2 is 1.82 bits per heavy atom. The fourth-order valence-corrected chi connectivity index (χ4v) is 3.72. The van der Waals surface area contributed by atoms with Gasteiger partial charge in [-0.25, -0.2) is 9.18 Å². The molecule has 1 saturated heterocycles. The Balaban J connectivity index is 1.74. The number of benzene rings is 2. The summed E-state index contributed by atoms with van der Waals surface area (Å²) in [5, 5.41) is 0. The van der Waals surface area contributed by atoms with Crippen molar-refractivity contribution in [2.75, 3.05) is 20.2 Å². The number of hydrogen-bond acceptors (Lipinski definition) is 3. The number of likely N-dealkylation sites (tertiary alicyclic amines) is 1. The summed E-state index contributed by atoms with van der Waals surface area (Å²) in [6.45, 7) is 0.868. The van der Waals surface area contributed by atoms with Gasteiger partial charge in [-0.3, -0.25) is 4.90 Å². The first-order valence-electron chi connectivity index (χ1n) is 9.06. The average Bonchev–Trinajstić information content (AvgIpc) is 2.66. The zero-order chi connectivity index (χ0) is 20.3. The maximum Gasteiger partial charge on any atom is 0.416 e. The molecular weight excluding hydrogens is 374 g/mol. The highest BCUT2D eigenvalue weighted by atomic mass is 19.4. The van der Waals surface area contributed by atoms with Crippen LogP contribution in [0.3, 0.4) is 0 Å². The van der Waals surface area contributed by atoms with Crippen molar-refractivity contribution < 1.29 is 27.1 Å². The minimum atomic E-state index is -4.38. The SMILES string of the molecule is CN1CCC[C@@H](COC(=O)c2ccccc2F)[C@H]1c1ccc(C(F)(F)F)cc1. The Kier molecular flexibility index (Phi) is 6.03. The number of halogens is 4. The van der Waals surface area contributed by atoms with E-state index >= 15 is 0 Å². The second kappa shape index (κ2) is 8.31. The fourth-order valence-electron chi connectivity index (χ4n) is 3.72. The molecule has 28 heavy (non-hydrogen) atoms. The highest BCUT2D eigenvalue weighted by molar-refractivity contribution is 5.89. The molecule has 3 rings (SSSR count). The molecule has 2 aromatic rings. The van der Waals surface area contributed by atoms with Gasteiger partial charge in [-0.15, -0.1) is 0 Å². The minimum absolute atomic E-state index is 0.0726. The molecule has 1 aliphatic rings. The zero-order valence-electron chi connectivity index (χ0n) is 15.4. The lowest BCUT2D eigenvalue weighted by Crippen LogP contribution is -2.38. The average molecular weight is 395 g/mol. The molecule has 2 atom stereocenters. The normalized spacial score (nSPS) is 20.8. The van der Waals surface area contributed by atoms with E-state index in [2.05, 4.69) is 0 Å². The largest absolute Gasteiger partial charge is 0.462 e. The molecule has 0 aliphatic carbocycles. The summed E-state index contributed by atoms with van der Waals surface area (Å²) in [6, 6.07) is 10.5. The molecule has 0 saturated carbocycles. The van der Waals surface area contributed by atoms with Crippen LogP contribution in [-0.4, -0.2) is 31.1 Å². The molecule has 0 unspecified atom stereocenters. The maximum atomic E-state index is 13.7. The van der Waals surface area contributed by atoms with Gasteiger partial charge in [0.05, 0.1) is 17.7 Å². The fraction of sp³-hybridized carbons (Fsp3) is 0.381. The summed E-state index contributed by atoms with van der Waals surface area (Å²) in [5.41, 5.74) is -0.0860. The summed E-state index contributed by atoms with van der Waals surface area (Å²) >= 11 is 0. The van der Waals surface area contributed by atoms with Crippen molar-refractivity contribution in [2.45, 2.75) is 25.1 Å². The zero-order valence-corrected chi connectivity index (χ0v) is 15.4. The van der Waals surface area contributed by atoms with Gasteiger partial charge in [0, 0.05) is 12.0 Å². The molecule has 0 radical (unpaired) electrons. The van der Waals surface area contributed by atoms with Crippen LogP contribution in [0.25, 0.3) is 0 Å². The quantitative estimate of drug-likeness (QED) is 0.534. The number of ether oxygens (including phenoxy) is 1. The smallest absolute Gasteiger partial charge is 0.416 e. The number of rotatable bonds is 4. The van der Waals surface area contributed by atoms with Gasteiger partial charge in [0.25, 0.3) is 0 Å². The van der Waals surface area contributed by atoms with Crippen LogP contribution in [0.15, 0.2) is 48.5 Å². The van der Waals surface area contributed by atoms with Gasteiger partial charge < -0.3 is 4.74 Å². The molecular formula is C21H21F4NO2. The van der Waals surface area contributed by atoms with E-state index in [0.29, 0.717) is 0 Å². The van der Waals surface area contributed by atoms with Crippen molar-refractivity contribution in [2.24, 2.45) is 5.92 Å². The van der Waals surface area contributed by atoms with Gasteiger partial charge >= 0.3 is 12.1 Å². The van der Waals surface area contributed by atoms with Crippen molar-refractivity contribution in [3.05, 3.63) is 71.0 Å². The Labute approximate surface area is 160 Å². The molecule has 0 spiro atoms. The topological polar surface area (TPSA) is 29.5 Å². The molecule has 0 amide bonds. The van der Waals surface area contributed by atoms with E-state index in [1.165, 1.54) is 30.3 Å². The van der Waals surface area contributed by atoms with Crippen molar-refractivity contribution in [3.63, 3.8) is 0 Å². The number of alkyl halides is 3.